The quantitative estimate of drug-likeness (QED) is 0.263. The molecule has 0 saturated carbocycles. The van der Waals surface area contributed by atoms with Gasteiger partial charge in [-0.1, -0.05) is 56.8 Å². The lowest BCUT2D eigenvalue weighted by Gasteiger charge is -2.35. The second-order valence-corrected chi connectivity index (χ2v) is 10.2. The second-order valence-electron chi connectivity index (χ2n) is 8.92. The van der Waals surface area contributed by atoms with Gasteiger partial charge in [0.25, 0.3) is 0 Å². The van der Waals surface area contributed by atoms with Gasteiger partial charge in [0.05, 0.1) is 11.4 Å². The molecule has 3 unspecified atom stereocenters. The summed E-state index contributed by atoms with van der Waals surface area (Å²) >= 11 is 0. The molecule has 1 aromatic heterocycles. The Morgan fingerprint density at radius 1 is 1.14 bits per heavy atom. The van der Waals surface area contributed by atoms with E-state index in [2.05, 4.69) is 6.58 Å². The van der Waals surface area contributed by atoms with Gasteiger partial charge in [0, 0.05) is 11.1 Å². The highest BCUT2D eigenvalue weighted by Gasteiger charge is 2.69. The van der Waals surface area contributed by atoms with Crippen molar-refractivity contribution in [3.8, 4) is 22.4 Å². The van der Waals surface area contributed by atoms with Gasteiger partial charge in [-0.2, -0.15) is 4.89 Å². The predicted molar refractivity (Wildman–Crippen MR) is 134 cm³/mol. The number of hydrogen-bond acceptors (Lipinski definition) is 4. The molecule has 6 nitrogen and oxygen atoms in total. The number of carboxylic acid groups (broad SMARTS) is 1. The first kappa shape index (κ1) is 26.4. The minimum absolute atomic E-state index is 0.0709. The summed E-state index contributed by atoms with van der Waals surface area (Å²) in [5.74, 6) is -2.47. The smallest absolute Gasteiger partial charge is 0.477 e. The van der Waals surface area contributed by atoms with Crippen molar-refractivity contribution < 1.29 is 28.9 Å². The highest BCUT2D eigenvalue weighted by Crippen LogP contribution is 2.53. The van der Waals surface area contributed by atoms with Crippen LogP contribution in [-0.2, 0) is 15.0 Å². The van der Waals surface area contributed by atoms with Crippen molar-refractivity contribution in [3.63, 3.8) is 0 Å². The number of carbonyl (C=O) groups is 1. The van der Waals surface area contributed by atoms with Crippen molar-refractivity contribution in [1.82, 2.24) is 4.98 Å². The minimum Gasteiger partial charge on any atom is -0.477 e. The van der Waals surface area contributed by atoms with Crippen LogP contribution >= 0.6 is 8.03 Å². The minimum atomic E-state index is -3.48. The summed E-state index contributed by atoms with van der Waals surface area (Å²) in [7, 11) is -3.48. The van der Waals surface area contributed by atoms with E-state index in [0.29, 0.717) is 28.1 Å². The van der Waals surface area contributed by atoms with E-state index in [-0.39, 0.29) is 11.5 Å². The molecule has 0 aliphatic heterocycles. The van der Waals surface area contributed by atoms with E-state index in [1.54, 1.807) is 13.0 Å². The largest absolute Gasteiger partial charge is 0.531 e. The van der Waals surface area contributed by atoms with Crippen LogP contribution in [0.15, 0.2) is 67.3 Å². The van der Waals surface area contributed by atoms with Crippen LogP contribution in [0.5, 0.6) is 0 Å². The number of halogens is 1. The molecule has 0 aliphatic rings. The van der Waals surface area contributed by atoms with Crippen LogP contribution in [0.2, 0.25) is 0 Å². The standard InChI is InChI=1S/C27H27FNO5P/c1-6-27(25(30)31,35(33)34)26(5,32)23-21(20-13-12-19(28)14-17(20)4)15-22(29-24(23)16(2)3)18-10-8-7-9-11-18/h6-16,32H,1H2,2-5H3,(H-,30,31,33,34)/p+1. The average Bonchev–Trinajstić information content (AvgIpc) is 2.78. The fourth-order valence-electron chi connectivity index (χ4n) is 4.42. The van der Waals surface area contributed by atoms with Crippen LogP contribution in [0.1, 0.15) is 43.5 Å². The molecule has 0 fully saturated rings. The van der Waals surface area contributed by atoms with Crippen molar-refractivity contribution in [1.29, 1.82) is 0 Å². The highest BCUT2D eigenvalue weighted by atomic mass is 31.1. The Morgan fingerprint density at radius 2 is 1.77 bits per heavy atom. The van der Waals surface area contributed by atoms with Gasteiger partial charge in [0.1, 0.15) is 5.82 Å². The molecule has 0 bridgehead atoms. The Morgan fingerprint density at radius 3 is 2.26 bits per heavy atom. The number of benzene rings is 2. The number of aromatic nitrogens is 1. The van der Waals surface area contributed by atoms with Crippen LogP contribution in [-0.4, -0.2) is 31.2 Å². The van der Waals surface area contributed by atoms with E-state index in [0.717, 1.165) is 11.6 Å². The Kier molecular flexibility index (Phi) is 7.37. The maximum absolute atomic E-state index is 14.0. The third kappa shape index (κ3) is 4.43. The summed E-state index contributed by atoms with van der Waals surface area (Å²) < 4.78 is 26.5. The van der Waals surface area contributed by atoms with Gasteiger partial charge >= 0.3 is 19.2 Å². The van der Waals surface area contributed by atoms with Crippen molar-refractivity contribution in [2.75, 3.05) is 0 Å². The van der Waals surface area contributed by atoms with Gasteiger partial charge in [-0.05, 0) is 65.3 Å². The molecule has 182 valence electrons. The first-order valence-corrected chi connectivity index (χ1v) is 12.2. The van der Waals surface area contributed by atoms with Crippen molar-refractivity contribution in [3.05, 3.63) is 89.9 Å². The molecule has 2 aromatic carbocycles. The number of nitrogens with zero attached hydrogens (tertiary/aromatic N) is 1. The van der Waals surface area contributed by atoms with Crippen molar-refractivity contribution in [2.45, 2.75) is 44.4 Å². The van der Waals surface area contributed by atoms with Crippen LogP contribution in [0.3, 0.4) is 0 Å². The molecular formula is C27H28FNO5P+. The summed E-state index contributed by atoms with van der Waals surface area (Å²) in [4.78, 5) is 27.3. The van der Waals surface area contributed by atoms with E-state index in [4.69, 9.17) is 4.98 Å². The Hall–Kier alpha value is -3.25. The van der Waals surface area contributed by atoms with E-state index in [1.807, 2.05) is 44.2 Å². The van der Waals surface area contributed by atoms with Crippen molar-refractivity contribution >= 4 is 14.0 Å². The van der Waals surface area contributed by atoms with E-state index >= 15 is 0 Å². The molecule has 0 amide bonds. The Bertz CT molecular complexity index is 1290. The number of hydrogen-bond donors (Lipinski definition) is 3. The molecule has 35 heavy (non-hydrogen) atoms. The van der Waals surface area contributed by atoms with E-state index < -0.39 is 30.6 Å². The molecule has 8 heteroatoms. The summed E-state index contributed by atoms with van der Waals surface area (Å²) in [6.07, 6.45) is 0.796. The van der Waals surface area contributed by atoms with Gasteiger partial charge < -0.3 is 10.2 Å². The number of aliphatic hydroxyl groups is 1. The van der Waals surface area contributed by atoms with Gasteiger partial charge in [-0.25, -0.2) is 9.18 Å². The third-order valence-electron chi connectivity index (χ3n) is 6.29. The zero-order chi connectivity index (χ0) is 26.1. The maximum atomic E-state index is 14.0. The van der Waals surface area contributed by atoms with E-state index in [1.165, 1.54) is 25.1 Å². The summed E-state index contributed by atoms with van der Waals surface area (Å²) in [5, 5.41) is 19.3. The van der Waals surface area contributed by atoms with Crippen molar-refractivity contribution in [2.24, 2.45) is 0 Å². The number of pyridine rings is 1. The zero-order valence-electron chi connectivity index (χ0n) is 20.0. The van der Waals surface area contributed by atoms with Gasteiger partial charge in [-0.3, -0.25) is 4.98 Å². The monoisotopic (exact) mass is 496 g/mol. The zero-order valence-corrected chi connectivity index (χ0v) is 20.9. The molecular weight excluding hydrogens is 468 g/mol. The average molecular weight is 496 g/mol. The molecule has 3 rings (SSSR count). The van der Waals surface area contributed by atoms with E-state index in [9.17, 15) is 28.9 Å². The third-order valence-corrected chi connectivity index (χ3v) is 7.71. The van der Waals surface area contributed by atoms with Gasteiger partial charge in [0.2, 0.25) is 0 Å². The summed E-state index contributed by atoms with van der Waals surface area (Å²) in [6.45, 7) is 10.0. The molecule has 1 heterocycles. The molecule has 0 saturated heterocycles. The molecule has 3 atom stereocenters. The number of carboxylic acids is 1. The number of aryl methyl sites for hydroxylation is 1. The Balaban J connectivity index is 2.55. The fraction of sp³-hybridized carbons (Fsp3) is 0.259. The Labute approximate surface area is 204 Å². The van der Waals surface area contributed by atoms with Crippen LogP contribution < -0.4 is 0 Å². The molecule has 0 spiro atoms. The van der Waals surface area contributed by atoms with Crippen LogP contribution in [0.4, 0.5) is 4.39 Å². The number of aliphatic carboxylic acids is 1. The lowest BCUT2D eigenvalue weighted by molar-refractivity contribution is -0.145. The second kappa shape index (κ2) is 9.78. The molecule has 0 radical (unpaired) electrons. The summed E-state index contributed by atoms with van der Waals surface area (Å²) in [6, 6.07) is 15.1. The van der Waals surface area contributed by atoms with Crippen LogP contribution in [0, 0.1) is 12.7 Å². The molecule has 3 N–H and O–H groups in total. The van der Waals surface area contributed by atoms with Gasteiger partial charge in [0.15, 0.2) is 5.60 Å². The SMILES string of the molecule is C=CC(C(=O)O)([P+](=O)O)C(C)(O)c1c(-c2ccc(F)cc2C)cc(-c2ccccc2)nc1C(C)C. The summed E-state index contributed by atoms with van der Waals surface area (Å²) in [5.41, 5.74) is 0.786. The van der Waals surface area contributed by atoms with Crippen LogP contribution in [0.25, 0.3) is 22.4 Å². The van der Waals surface area contributed by atoms with Gasteiger partial charge in [-0.15, -0.1) is 0 Å². The normalized spacial score (nSPS) is 15.3. The first-order chi connectivity index (χ1) is 16.4. The lowest BCUT2D eigenvalue weighted by Crippen LogP contribution is -2.52. The molecule has 3 aromatic rings. The predicted octanol–water partition coefficient (Wildman–Crippen LogP) is 5.94. The lowest BCUT2D eigenvalue weighted by atomic mass is 9.75. The fourth-order valence-corrected chi connectivity index (χ4v) is 5.23. The maximum Gasteiger partial charge on any atom is 0.531 e. The topological polar surface area (TPSA) is 108 Å². The first-order valence-electron chi connectivity index (χ1n) is 11.0. The highest BCUT2D eigenvalue weighted by molar-refractivity contribution is 7.42. The number of rotatable bonds is 8. The molecule has 0 aliphatic carbocycles.